The molecule has 6 nitrogen and oxygen atoms in total. The summed E-state index contributed by atoms with van der Waals surface area (Å²) in [5.41, 5.74) is 0.897. The number of H-pyrrole nitrogens is 2. The lowest BCUT2D eigenvalue weighted by atomic mass is 10.1. The maximum Gasteiger partial charge on any atom is 0.272 e. The molecule has 0 aliphatic heterocycles. The third-order valence-corrected chi connectivity index (χ3v) is 4.07. The second-order valence-corrected chi connectivity index (χ2v) is 5.86. The van der Waals surface area contributed by atoms with Gasteiger partial charge in [0.2, 0.25) is 0 Å². The van der Waals surface area contributed by atoms with Crippen molar-refractivity contribution in [1.29, 1.82) is 0 Å². The number of fused-ring (bicyclic) bond motifs is 1. The molecule has 0 aliphatic carbocycles. The van der Waals surface area contributed by atoms with Gasteiger partial charge in [-0.25, -0.2) is 4.98 Å². The van der Waals surface area contributed by atoms with E-state index >= 15 is 0 Å². The Balaban J connectivity index is 2.07. The monoisotopic (exact) mass is 302 g/mol. The van der Waals surface area contributed by atoms with Crippen LogP contribution in [0, 0.1) is 6.92 Å². The fourth-order valence-electron chi connectivity index (χ4n) is 2.24. The van der Waals surface area contributed by atoms with Gasteiger partial charge in [-0.05, 0) is 26.0 Å². The number of rotatable bonds is 3. The molecule has 0 fully saturated rings. The van der Waals surface area contributed by atoms with Crippen LogP contribution in [-0.2, 0) is 0 Å². The molecule has 108 valence electrons. The SMILES string of the molecule is Cc1nc(C(C)Nc2cccc3c(=O)[nH][nH]c(=O)c23)cs1. The van der Waals surface area contributed by atoms with Gasteiger partial charge in [0.15, 0.2) is 0 Å². The number of nitrogens with zero attached hydrogens (tertiary/aromatic N) is 1. The number of aromatic amines is 2. The van der Waals surface area contributed by atoms with E-state index in [1.165, 1.54) is 0 Å². The van der Waals surface area contributed by atoms with Gasteiger partial charge >= 0.3 is 0 Å². The summed E-state index contributed by atoms with van der Waals surface area (Å²) in [6.07, 6.45) is 0. The molecule has 3 rings (SSSR count). The molecule has 0 radical (unpaired) electrons. The Morgan fingerprint density at radius 1 is 1.24 bits per heavy atom. The molecule has 0 bridgehead atoms. The molecule has 2 aromatic heterocycles. The highest BCUT2D eigenvalue weighted by molar-refractivity contribution is 7.09. The van der Waals surface area contributed by atoms with Crippen LogP contribution < -0.4 is 16.4 Å². The standard InChI is InChI=1S/C14H14N4O2S/c1-7(11-6-21-8(2)16-11)15-10-5-3-4-9-12(10)14(20)18-17-13(9)19/h3-7,15H,1-2H3,(H,17,19)(H,18,20). The lowest BCUT2D eigenvalue weighted by Crippen LogP contribution is -2.20. The van der Waals surface area contributed by atoms with E-state index in [1.807, 2.05) is 19.2 Å². The molecular weight excluding hydrogens is 288 g/mol. The van der Waals surface area contributed by atoms with Crippen molar-refractivity contribution in [2.24, 2.45) is 0 Å². The Hall–Kier alpha value is -2.41. The van der Waals surface area contributed by atoms with Crippen LogP contribution in [0.2, 0.25) is 0 Å². The highest BCUT2D eigenvalue weighted by Gasteiger charge is 2.13. The third-order valence-electron chi connectivity index (χ3n) is 3.28. The van der Waals surface area contributed by atoms with Crippen molar-refractivity contribution in [3.8, 4) is 0 Å². The lowest BCUT2D eigenvalue weighted by Gasteiger charge is -2.14. The summed E-state index contributed by atoms with van der Waals surface area (Å²) in [5.74, 6) is 0. The first kappa shape index (κ1) is 13.6. The van der Waals surface area contributed by atoms with E-state index in [4.69, 9.17) is 0 Å². The zero-order valence-corrected chi connectivity index (χ0v) is 12.4. The van der Waals surface area contributed by atoms with E-state index < -0.39 is 0 Å². The molecule has 7 heteroatoms. The highest BCUT2D eigenvalue weighted by Crippen LogP contribution is 2.24. The topological polar surface area (TPSA) is 90.6 Å². The molecule has 3 aromatic rings. The fourth-order valence-corrected chi connectivity index (χ4v) is 2.94. The Morgan fingerprint density at radius 3 is 2.71 bits per heavy atom. The van der Waals surface area contributed by atoms with Crippen LogP contribution in [0.1, 0.15) is 23.7 Å². The molecule has 0 aliphatic rings. The molecule has 2 heterocycles. The summed E-state index contributed by atoms with van der Waals surface area (Å²) >= 11 is 1.58. The van der Waals surface area contributed by atoms with Gasteiger partial charge in [-0.2, -0.15) is 0 Å². The van der Waals surface area contributed by atoms with E-state index in [2.05, 4.69) is 20.5 Å². The number of anilines is 1. The van der Waals surface area contributed by atoms with Gasteiger partial charge in [0, 0.05) is 11.1 Å². The number of thiazole rings is 1. The van der Waals surface area contributed by atoms with Crippen molar-refractivity contribution in [3.05, 3.63) is 55.0 Å². The Labute approximate surface area is 123 Å². The minimum atomic E-state index is -0.325. The van der Waals surface area contributed by atoms with Crippen LogP contribution in [-0.4, -0.2) is 15.2 Å². The molecule has 3 N–H and O–H groups in total. The molecule has 0 amide bonds. The molecule has 0 saturated carbocycles. The van der Waals surface area contributed by atoms with Gasteiger partial charge in [-0.15, -0.1) is 11.3 Å². The highest BCUT2D eigenvalue weighted by atomic mass is 32.1. The van der Waals surface area contributed by atoms with E-state index in [9.17, 15) is 9.59 Å². The van der Waals surface area contributed by atoms with Gasteiger partial charge in [-0.3, -0.25) is 19.8 Å². The van der Waals surface area contributed by atoms with Gasteiger partial charge in [0.05, 0.1) is 27.5 Å². The molecule has 0 saturated heterocycles. The average Bonchev–Trinajstić information content (AvgIpc) is 2.90. The van der Waals surface area contributed by atoms with Crippen LogP contribution in [0.15, 0.2) is 33.2 Å². The largest absolute Gasteiger partial charge is 0.376 e. The van der Waals surface area contributed by atoms with Crippen molar-refractivity contribution >= 4 is 27.8 Å². The maximum absolute atomic E-state index is 12.0. The second kappa shape index (κ2) is 5.17. The zero-order chi connectivity index (χ0) is 15.0. The Morgan fingerprint density at radius 2 is 2.00 bits per heavy atom. The molecule has 1 atom stereocenters. The third kappa shape index (κ3) is 2.47. The first-order chi connectivity index (χ1) is 10.1. The van der Waals surface area contributed by atoms with E-state index in [1.54, 1.807) is 29.5 Å². The number of hydrogen-bond donors (Lipinski definition) is 3. The first-order valence-electron chi connectivity index (χ1n) is 6.48. The normalized spacial score (nSPS) is 12.5. The number of benzene rings is 1. The van der Waals surface area contributed by atoms with Gasteiger partial charge in [0.1, 0.15) is 0 Å². The van der Waals surface area contributed by atoms with Crippen LogP contribution in [0.3, 0.4) is 0 Å². The predicted octanol–water partition coefficient (Wildman–Crippen LogP) is 2.15. The van der Waals surface area contributed by atoms with Crippen LogP contribution in [0.4, 0.5) is 5.69 Å². The van der Waals surface area contributed by atoms with Crippen molar-refractivity contribution in [2.75, 3.05) is 5.32 Å². The Bertz CT molecular complexity index is 909. The summed E-state index contributed by atoms with van der Waals surface area (Å²) in [6.45, 7) is 3.91. The number of aromatic nitrogens is 3. The quantitative estimate of drug-likeness (QED) is 0.691. The fraction of sp³-hybridized carbons (Fsp3) is 0.214. The predicted molar refractivity (Wildman–Crippen MR) is 84.1 cm³/mol. The number of hydrogen-bond acceptors (Lipinski definition) is 5. The minimum Gasteiger partial charge on any atom is -0.376 e. The molecular formula is C14H14N4O2S. The van der Waals surface area contributed by atoms with E-state index in [-0.39, 0.29) is 17.2 Å². The summed E-state index contributed by atoms with van der Waals surface area (Å²) < 4.78 is 0. The van der Waals surface area contributed by atoms with Crippen molar-refractivity contribution in [2.45, 2.75) is 19.9 Å². The van der Waals surface area contributed by atoms with Crippen molar-refractivity contribution in [1.82, 2.24) is 15.2 Å². The van der Waals surface area contributed by atoms with Crippen molar-refractivity contribution in [3.63, 3.8) is 0 Å². The summed E-state index contributed by atoms with van der Waals surface area (Å²) in [4.78, 5) is 28.2. The molecule has 1 aromatic carbocycles. The van der Waals surface area contributed by atoms with E-state index in [0.29, 0.717) is 16.5 Å². The smallest absolute Gasteiger partial charge is 0.272 e. The molecule has 1 unspecified atom stereocenters. The van der Waals surface area contributed by atoms with Crippen molar-refractivity contribution < 1.29 is 0 Å². The minimum absolute atomic E-state index is 0.0563. The van der Waals surface area contributed by atoms with Crippen LogP contribution in [0.5, 0.6) is 0 Å². The summed E-state index contributed by atoms with van der Waals surface area (Å²) in [6, 6.07) is 5.11. The first-order valence-corrected chi connectivity index (χ1v) is 7.36. The number of aryl methyl sites for hydroxylation is 1. The number of nitrogens with one attached hydrogen (secondary N) is 3. The van der Waals surface area contributed by atoms with Gasteiger partial charge in [-0.1, -0.05) is 6.07 Å². The molecule has 0 spiro atoms. The lowest BCUT2D eigenvalue weighted by molar-refractivity contribution is 0.846. The zero-order valence-electron chi connectivity index (χ0n) is 11.6. The van der Waals surface area contributed by atoms with Crippen LogP contribution in [0.25, 0.3) is 10.8 Å². The molecule has 21 heavy (non-hydrogen) atoms. The van der Waals surface area contributed by atoms with E-state index in [0.717, 1.165) is 10.7 Å². The van der Waals surface area contributed by atoms with Gasteiger partial charge in [0.25, 0.3) is 11.1 Å². The Kier molecular flexibility index (Phi) is 3.34. The van der Waals surface area contributed by atoms with Crippen LogP contribution >= 0.6 is 11.3 Å². The summed E-state index contributed by atoms with van der Waals surface area (Å²) in [5, 5.41) is 11.6. The average molecular weight is 302 g/mol. The summed E-state index contributed by atoms with van der Waals surface area (Å²) in [7, 11) is 0. The second-order valence-electron chi connectivity index (χ2n) is 4.79. The maximum atomic E-state index is 12.0. The van der Waals surface area contributed by atoms with Gasteiger partial charge < -0.3 is 5.32 Å².